The number of rotatable bonds is 6. The molecule has 0 saturated carbocycles. The molecule has 10 heteroatoms. The number of oxazole rings is 1. The third kappa shape index (κ3) is 3.96. The standard InChI is InChI=1S/C20H21N3O6S/c1-23-17-9-8-14(11-18(17)29-20(23)25)30(26,27)22-16-7-3-2-6-15(16)19(24)21-12-13-5-4-10-28-13/h2-3,6-9,11,13,22H,4-5,10,12H2,1H3,(H,21,24). The molecule has 1 aromatic heterocycles. The number of fused-ring (bicyclic) bond motifs is 1. The number of aromatic nitrogens is 1. The van der Waals surface area contributed by atoms with Crippen molar-refractivity contribution < 1.29 is 22.4 Å². The fraction of sp³-hybridized carbons (Fsp3) is 0.300. The first kappa shape index (κ1) is 20.2. The van der Waals surface area contributed by atoms with E-state index in [1.54, 1.807) is 18.2 Å². The normalized spacial score (nSPS) is 16.6. The zero-order valence-electron chi connectivity index (χ0n) is 16.3. The van der Waals surface area contributed by atoms with Gasteiger partial charge in [-0.1, -0.05) is 12.1 Å². The van der Waals surface area contributed by atoms with Gasteiger partial charge >= 0.3 is 5.76 Å². The van der Waals surface area contributed by atoms with Crippen molar-refractivity contribution in [1.82, 2.24) is 9.88 Å². The first-order valence-electron chi connectivity index (χ1n) is 9.46. The molecule has 1 aliphatic heterocycles. The number of carbonyl (C=O) groups is 1. The number of carbonyl (C=O) groups excluding carboxylic acids is 1. The highest BCUT2D eigenvalue weighted by molar-refractivity contribution is 7.92. The predicted octanol–water partition coefficient (Wildman–Crippen LogP) is 1.84. The van der Waals surface area contributed by atoms with E-state index >= 15 is 0 Å². The Bertz CT molecular complexity index is 1260. The number of amides is 1. The molecule has 158 valence electrons. The summed E-state index contributed by atoms with van der Waals surface area (Å²) in [5.74, 6) is -0.978. The van der Waals surface area contributed by atoms with Crippen LogP contribution in [0.25, 0.3) is 11.1 Å². The van der Waals surface area contributed by atoms with Crippen molar-refractivity contribution in [3.8, 4) is 0 Å². The molecule has 2 N–H and O–H groups in total. The molecule has 2 aromatic carbocycles. The number of benzene rings is 2. The fourth-order valence-corrected chi connectivity index (χ4v) is 4.46. The topological polar surface area (TPSA) is 120 Å². The summed E-state index contributed by atoms with van der Waals surface area (Å²) in [6.45, 7) is 1.05. The summed E-state index contributed by atoms with van der Waals surface area (Å²) in [6.07, 6.45) is 1.82. The minimum absolute atomic E-state index is 0.0231. The van der Waals surface area contributed by atoms with Crippen molar-refractivity contribution in [2.45, 2.75) is 23.8 Å². The number of hydrogen-bond donors (Lipinski definition) is 2. The van der Waals surface area contributed by atoms with E-state index in [0.29, 0.717) is 18.7 Å². The van der Waals surface area contributed by atoms with Crippen molar-refractivity contribution in [2.24, 2.45) is 7.05 Å². The van der Waals surface area contributed by atoms with Crippen LogP contribution in [0.15, 0.2) is 56.6 Å². The number of para-hydroxylation sites is 1. The summed E-state index contributed by atoms with van der Waals surface area (Å²) in [7, 11) is -2.49. The van der Waals surface area contributed by atoms with Gasteiger partial charge in [0.05, 0.1) is 27.8 Å². The van der Waals surface area contributed by atoms with Crippen LogP contribution < -0.4 is 15.8 Å². The smallest absolute Gasteiger partial charge is 0.408 e. The monoisotopic (exact) mass is 431 g/mol. The van der Waals surface area contributed by atoms with Gasteiger partial charge in [-0.2, -0.15) is 0 Å². The van der Waals surface area contributed by atoms with Crippen molar-refractivity contribution >= 4 is 32.7 Å². The van der Waals surface area contributed by atoms with Crippen LogP contribution in [0.2, 0.25) is 0 Å². The lowest BCUT2D eigenvalue weighted by molar-refractivity contribution is 0.0858. The molecular weight excluding hydrogens is 410 g/mol. The van der Waals surface area contributed by atoms with Gasteiger partial charge in [0.15, 0.2) is 5.58 Å². The van der Waals surface area contributed by atoms with Crippen LogP contribution >= 0.6 is 0 Å². The molecule has 1 saturated heterocycles. The lowest BCUT2D eigenvalue weighted by Crippen LogP contribution is -2.32. The molecule has 0 aliphatic carbocycles. The highest BCUT2D eigenvalue weighted by Gasteiger charge is 2.21. The second kappa shape index (κ2) is 7.96. The van der Waals surface area contributed by atoms with E-state index < -0.39 is 21.7 Å². The summed E-state index contributed by atoms with van der Waals surface area (Å²) in [5, 5.41) is 2.79. The van der Waals surface area contributed by atoms with Gasteiger partial charge in [-0.05, 0) is 37.1 Å². The number of hydrogen-bond acceptors (Lipinski definition) is 6. The Morgan fingerprint density at radius 1 is 1.23 bits per heavy atom. The summed E-state index contributed by atoms with van der Waals surface area (Å²) in [5.41, 5.74) is 0.990. The molecule has 2 heterocycles. The second-order valence-corrected chi connectivity index (χ2v) is 8.74. The Balaban J connectivity index is 1.57. The van der Waals surface area contributed by atoms with E-state index in [4.69, 9.17) is 9.15 Å². The van der Waals surface area contributed by atoms with Gasteiger partial charge in [0.2, 0.25) is 0 Å². The summed E-state index contributed by atoms with van der Waals surface area (Å²) in [6, 6.07) is 10.5. The zero-order valence-corrected chi connectivity index (χ0v) is 17.1. The van der Waals surface area contributed by atoms with Gasteiger partial charge in [0, 0.05) is 26.3 Å². The van der Waals surface area contributed by atoms with Crippen molar-refractivity contribution in [3.63, 3.8) is 0 Å². The van der Waals surface area contributed by atoms with E-state index in [0.717, 1.165) is 12.8 Å². The largest absolute Gasteiger partial charge is 0.419 e. The van der Waals surface area contributed by atoms with Crippen LogP contribution in [0, 0.1) is 0 Å². The maximum atomic E-state index is 12.9. The van der Waals surface area contributed by atoms with E-state index in [-0.39, 0.29) is 27.8 Å². The maximum absolute atomic E-state index is 12.9. The molecule has 30 heavy (non-hydrogen) atoms. The van der Waals surface area contributed by atoms with Crippen molar-refractivity contribution in [3.05, 3.63) is 58.6 Å². The second-order valence-electron chi connectivity index (χ2n) is 7.05. The lowest BCUT2D eigenvalue weighted by atomic mass is 10.1. The molecule has 1 aliphatic rings. The third-order valence-corrected chi connectivity index (χ3v) is 6.37. The Labute approximate surface area is 172 Å². The number of aryl methyl sites for hydroxylation is 1. The van der Waals surface area contributed by atoms with Gasteiger partial charge in [0.1, 0.15) is 0 Å². The molecule has 0 radical (unpaired) electrons. The molecular formula is C20H21N3O6S. The highest BCUT2D eigenvalue weighted by Crippen LogP contribution is 2.23. The Hall–Kier alpha value is -3.11. The number of anilines is 1. The minimum Gasteiger partial charge on any atom is -0.408 e. The lowest BCUT2D eigenvalue weighted by Gasteiger charge is -2.14. The quantitative estimate of drug-likeness (QED) is 0.615. The van der Waals surface area contributed by atoms with Crippen molar-refractivity contribution in [2.75, 3.05) is 17.9 Å². The van der Waals surface area contributed by atoms with Crippen LogP contribution in [-0.2, 0) is 21.8 Å². The average Bonchev–Trinajstić information content (AvgIpc) is 3.34. The van der Waals surface area contributed by atoms with Gasteiger partial charge in [-0.3, -0.25) is 14.1 Å². The Morgan fingerprint density at radius 2 is 2.03 bits per heavy atom. The maximum Gasteiger partial charge on any atom is 0.419 e. The van der Waals surface area contributed by atoms with Crippen LogP contribution in [0.4, 0.5) is 5.69 Å². The molecule has 0 spiro atoms. The Morgan fingerprint density at radius 3 is 2.80 bits per heavy atom. The summed E-state index contributed by atoms with van der Waals surface area (Å²) in [4.78, 5) is 24.2. The van der Waals surface area contributed by atoms with Crippen LogP contribution in [0.1, 0.15) is 23.2 Å². The van der Waals surface area contributed by atoms with E-state index in [1.165, 1.54) is 35.9 Å². The van der Waals surface area contributed by atoms with Gasteiger partial charge in [-0.15, -0.1) is 0 Å². The minimum atomic E-state index is -4.02. The molecule has 9 nitrogen and oxygen atoms in total. The van der Waals surface area contributed by atoms with E-state index in [1.807, 2.05) is 0 Å². The molecule has 1 fully saturated rings. The molecule has 1 atom stereocenters. The van der Waals surface area contributed by atoms with Crippen LogP contribution in [0.3, 0.4) is 0 Å². The first-order valence-corrected chi connectivity index (χ1v) is 10.9. The first-order chi connectivity index (χ1) is 14.3. The molecule has 3 aromatic rings. The number of nitrogens with one attached hydrogen (secondary N) is 2. The van der Waals surface area contributed by atoms with Gasteiger partial charge < -0.3 is 14.5 Å². The fourth-order valence-electron chi connectivity index (χ4n) is 3.36. The predicted molar refractivity (Wildman–Crippen MR) is 110 cm³/mol. The molecule has 1 unspecified atom stereocenters. The SMILES string of the molecule is Cn1c(=O)oc2cc(S(=O)(=O)Nc3ccccc3C(=O)NCC3CCCO3)ccc21. The van der Waals surface area contributed by atoms with Crippen molar-refractivity contribution in [1.29, 1.82) is 0 Å². The zero-order chi connectivity index (χ0) is 21.3. The molecule has 1 amide bonds. The van der Waals surface area contributed by atoms with Crippen LogP contribution in [0.5, 0.6) is 0 Å². The summed E-state index contributed by atoms with van der Waals surface area (Å²) < 4.78 is 40.1. The number of ether oxygens (including phenoxy) is 1. The third-order valence-electron chi connectivity index (χ3n) is 5.00. The van der Waals surface area contributed by atoms with Crippen LogP contribution in [-0.4, -0.2) is 38.1 Å². The van der Waals surface area contributed by atoms with E-state index in [2.05, 4.69) is 10.0 Å². The van der Waals surface area contributed by atoms with Gasteiger partial charge in [0.25, 0.3) is 15.9 Å². The Kier molecular flexibility index (Phi) is 5.35. The highest BCUT2D eigenvalue weighted by atomic mass is 32.2. The molecule has 0 bridgehead atoms. The number of sulfonamides is 1. The molecule has 4 rings (SSSR count). The number of nitrogens with zero attached hydrogens (tertiary/aromatic N) is 1. The van der Waals surface area contributed by atoms with Gasteiger partial charge in [-0.25, -0.2) is 13.2 Å². The summed E-state index contributed by atoms with van der Waals surface area (Å²) >= 11 is 0. The van der Waals surface area contributed by atoms with E-state index in [9.17, 15) is 18.0 Å². The average molecular weight is 431 g/mol.